The van der Waals surface area contributed by atoms with E-state index >= 15 is 0 Å². The van der Waals surface area contributed by atoms with Crippen molar-refractivity contribution < 1.29 is 9.53 Å². The normalized spacial score (nSPS) is 10.6. The molecule has 0 bridgehead atoms. The average Bonchev–Trinajstić information content (AvgIpc) is 2.72. The van der Waals surface area contributed by atoms with Crippen LogP contribution >= 0.6 is 0 Å². The van der Waals surface area contributed by atoms with Crippen molar-refractivity contribution in [3.63, 3.8) is 0 Å². The quantitative estimate of drug-likeness (QED) is 0.847. The first-order valence-electron chi connectivity index (χ1n) is 6.22. The highest BCUT2D eigenvalue weighted by Gasteiger charge is 2.12. The van der Waals surface area contributed by atoms with E-state index in [4.69, 9.17) is 10.5 Å². The van der Waals surface area contributed by atoms with Gasteiger partial charge in [-0.05, 0) is 19.1 Å². The number of nitrogens with zero attached hydrogens (tertiary/aromatic N) is 2. The minimum atomic E-state index is 0.00615. The lowest BCUT2D eigenvalue weighted by molar-refractivity contribution is -0.121. The van der Waals surface area contributed by atoms with Crippen LogP contribution in [0.1, 0.15) is 13.3 Å². The van der Waals surface area contributed by atoms with Crippen LogP contribution in [-0.4, -0.2) is 29.1 Å². The number of benzene rings is 1. The second-order valence-electron chi connectivity index (χ2n) is 4.15. The maximum atomic E-state index is 11.5. The van der Waals surface area contributed by atoms with Crippen LogP contribution in [0.15, 0.2) is 18.2 Å². The van der Waals surface area contributed by atoms with Crippen molar-refractivity contribution in [2.75, 3.05) is 19.4 Å². The van der Waals surface area contributed by atoms with Gasteiger partial charge < -0.3 is 20.4 Å². The summed E-state index contributed by atoms with van der Waals surface area (Å²) in [4.78, 5) is 15.8. The van der Waals surface area contributed by atoms with Gasteiger partial charge in [-0.15, -0.1) is 0 Å². The molecule has 6 heteroatoms. The number of carbonyl (C=O) groups is 1. The van der Waals surface area contributed by atoms with Crippen molar-refractivity contribution in [2.45, 2.75) is 19.9 Å². The fourth-order valence-electron chi connectivity index (χ4n) is 2.04. The molecule has 2 rings (SSSR count). The number of fused-ring (bicyclic) bond motifs is 1. The lowest BCUT2D eigenvalue weighted by atomic mass is 10.3. The highest BCUT2D eigenvalue weighted by Crippen LogP contribution is 2.26. The molecule has 1 heterocycles. The van der Waals surface area contributed by atoms with E-state index < -0.39 is 0 Å². The molecule has 0 fully saturated rings. The number of ether oxygens (including phenoxy) is 1. The van der Waals surface area contributed by atoms with Gasteiger partial charge in [-0.3, -0.25) is 4.79 Å². The van der Waals surface area contributed by atoms with E-state index in [-0.39, 0.29) is 5.91 Å². The fourth-order valence-corrected chi connectivity index (χ4v) is 2.04. The van der Waals surface area contributed by atoms with Crippen LogP contribution in [0.5, 0.6) is 5.75 Å². The molecule has 0 saturated heterocycles. The zero-order valence-corrected chi connectivity index (χ0v) is 11.1. The van der Waals surface area contributed by atoms with E-state index in [1.807, 2.05) is 29.7 Å². The van der Waals surface area contributed by atoms with E-state index in [2.05, 4.69) is 10.3 Å². The lowest BCUT2D eigenvalue weighted by Crippen LogP contribution is -2.24. The lowest BCUT2D eigenvalue weighted by Gasteiger charge is -2.07. The summed E-state index contributed by atoms with van der Waals surface area (Å²) in [5.74, 6) is 1.08. The van der Waals surface area contributed by atoms with E-state index in [0.717, 1.165) is 11.0 Å². The summed E-state index contributed by atoms with van der Waals surface area (Å²) in [6, 6.07) is 5.63. The monoisotopic (exact) mass is 262 g/mol. The minimum absolute atomic E-state index is 0.00615. The molecule has 0 atom stereocenters. The number of imidazole rings is 1. The number of methoxy groups -OCH3 is 1. The van der Waals surface area contributed by atoms with Crippen molar-refractivity contribution in [2.24, 2.45) is 0 Å². The van der Waals surface area contributed by atoms with Gasteiger partial charge in [-0.2, -0.15) is 0 Å². The summed E-state index contributed by atoms with van der Waals surface area (Å²) in [5.41, 5.74) is 7.50. The Morgan fingerprint density at radius 2 is 2.32 bits per heavy atom. The summed E-state index contributed by atoms with van der Waals surface area (Å²) in [6.45, 7) is 3.03. The fraction of sp³-hybridized carbons (Fsp3) is 0.385. The Morgan fingerprint density at radius 1 is 1.53 bits per heavy atom. The second kappa shape index (κ2) is 5.60. The smallest absolute Gasteiger partial charge is 0.221 e. The topological polar surface area (TPSA) is 82.2 Å². The number of para-hydroxylation sites is 1. The van der Waals surface area contributed by atoms with Crippen LogP contribution in [0.3, 0.4) is 0 Å². The van der Waals surface area contributed by atoms with Crippen LogP contribution in [0.25, 0.3) is 11.0 Å². The summed E-state index contributed by atoms with van der Waals surface area (Å²) in [5, 5.41) is 2.76. The molecule has 0 aliphatic rings. The molecule has 1 aromatic carbocycles. The molecule has 0 aliphatic heterocycles. The molecule has 2 aromatic rings. The Kier molecular flexibility index (Phi) is 3.89. The zero-order chi connectivity index (χ0) is 13.8. The Hall–Kier alpha value is -2.24. The number of nitrogen functional groups attached to an aromatic ring is 1. The third kappa shape index (κ3) is 2.62. The summed E-state index contributed by atoms with van der Waals surface area (Å²) < 4.78 is 7.08. The molecule has 102 valence electrons. The number of hydrogen-bond donors (Lipinski definition) is 2. The second-order valence-corrected chi connectivity index (χ2v) is 4.15. The molecule has 0 saturated carbocycles. The average molecular weight is 262 g/mol. The molecule has 0 aliphatic carbocycles. The largest absolute Gasteiger partial charge is 0.494 e. The van der Waals surface area contributed by atoms with Crippen molar-refractivity contribution in [1.82, 2.24) is 14.9 Å². The molecule has 3 N–H and O–H groups in total. The number of amides is 1. The maximum absolute atomic E-state index is 11.5. The minimum Gasteiger partial charge on any atom is -0.494 e. The number of carbonyl (C=O) groups excluding carboxylic acids is 1. The first-order chi connectivity index (χ1) is 9.17. The van der Waals surface area contributed by atoms with E-state index in [9.17, 15) is 4.79 Å². The predicted octanol–water partition coefficient (Wildman–Crippen LogP) is 1.15. The van der Waals surface area contributed by atoms with Gasteiger partial charge in [0, 0.05) is 19.5 Å². The Bertz CT molecular complexity index is 592. The molecule has 0 spiro atoms. The van der Waals surface area contributed by atoms with Crippen LogP contribution in [-0.2, 0) is 11.3 Å². The van der Waals surface area contributed by atoms with Crippen LogP contribution in [0.4, 0.5) is 5.95 Å². The Balaban J connectivity index is 2.28. The van der Waals surface area contributed by atoms with Gasteiger partial charge in [-0.1, -0.05) is 6.07 Å². The molecule has 19 heavy (non-hydrogen) atoms. The number of hydrogen-bond acceptors (Lipinski definition) is 4. The Morgan fingerprint density at radius 3 is 3.00 bits per heavy atom. The summed E-state index contributed by atoms with van der Waals surface area (Å²) in [6.07, 6.45) is 0.376. The number of nitrogens with two attached hydrogens (primary N) is 1. The number of anilines is 1. The van der Waals surface area contributed by atoms with Gasteiger partial charge in [0.15, 0.2) is 0 Å². The van der Waals surface area contributed by atoms with Gasteiger partial charge in [0.05, 0.1) is 12.6 Å². The first-order valence-corrected chi connectivity index (χ1v) is 6.22. The van der Waals surface area contributed by atoms with Crippen molar-refractivity contribution in [3.8, 4) is 5.75 Å². The number of nitrogens with one attached hydrogen (secondary N) is 1. The molecule has 6 nitrogen and oxygen atoms in total. The van der Waals surface area contributed by atoms with Crippen LogP contribution < -0.4 is 15.8 Å². The van der Waals surface area contributed by atoms with Gasteiger partial charge in [0.25, 0.3) is 0 Å². The van der Waals surface area contributed by atoms with Crippen LogP contribution in [0.2, 0.25) is 0 Å². The van der Waals surface area contributed by atoms with Gasteiger partial charge in [0.2, 0.25) is 11.9 Å². The standard InChI is InChI=1S/C13H18N4O2/c1-3-15-11(18)7-8-17-9-5-4-6-10(19-2)12(9)16-13(17)14/h4-6H,3,7-8H2,1-2H3,(H2,14,16)(H,15,18). The van der Waals surface area contributed by atoms with Gasteiger partial charge in [-0.25, -0.2) is 4.98 Å². The molecule has 0 radical (unpaired) electrons. The van der Waals surface area contributed by atoms with Gasteiger partial charge >= 0.3 is 0 Å². The third-order valence-electron chi connectivity index (χ3n) is 2.93. The van der Waals surface area contributed by atoms with E-state index in [1.165, 1.54) is 0 Å². The van der Waals surface area contributed by atoms with Gasteiger partial charge in [0.1, 0.15) is 11.3 Å². The highest BCUT2D eigenvalue weighted by atomic mass is 16.5. The zero-order valence-electron chi connectivity index (χ0n) is 11.1. The summed E-state index contributed by atoms with van der Waals surface area (Å²) in [7, 11) is 1.60. The molecule has 1 aromatic heterocycles. The molecular formula is C13H18N4O2. The van der Waals surface area contributed by atoms with Crippen LogP contribution in [0, 0.1) is 0 Å². The number of aromatic nitrogens is 2. The highest BCUT2D eigenvalue weighted by molar-refractivity contribution is 5.84. The SMILES string of the molecule is CCNC(=O)CCn1c(N)nc2c(OC)cccc21. The molecule has 1 amide bonds. The Labute approximate surface area is 111 Å². The first kappa shape index (κ1) is 13.2. The number of aryl methyl sites for hydroxylation is 1. The third-order valence-corrected chi connectivity index (χ3v) is 2.93. The van der Waals surface area contributed by atoms with Crippen molar-refractivity contribution >= 4 is 22.9 Å². The summed E-state index contributed by atoms with van der Waals surface area (Å²) >= 11 is 0. The van der Waals surface area contributed by atoms with Crippen molar-refractivity contribution in [3.05, 3.63) is 18.2 Å². The molecule has 0 unspecified atom stereocenters. The maximum Gasteiger partial charge on any atom is 0.221 e. The van der Waals surface area contributed by atoms with E-state index in [0.29, 0.717) is 31.2 Å². The molecular weight excluding hydrogens is 244 g/mol. The van der Waals surface area contributed by atoms with Crippen molar-refractivity contribution in [1.29, 1.82) is 0 Å². The predicted molar refractivity (Wildman–Crippen MR) is 74.0 cm³/mol. The van der Waals surface area contributed by atoms with E-state index in [1.54, 1.807) is 7.11 Å². The number of rotatable bonds is 5.